The van der Waals surface area contributed by atoms with Gasteiger partial charge in [-0.1, -0.05) is 29.8 Å². The summed E-state index contributed by atoms with van der Waals surface area (Å²) < 4.78 is 24.1. The maximum absolute atomic E-state index is 12.1. The van der Waals surface area contributed by atoms with Crippen LogP contribution in [-0.4, -0.2) is 30.7 Å². The zero-order chi connectivity index (χ0) is 16.3. The van der Waals surface area contributed by atoms with Crippen molar-refractivity contribution in [3.8, 4) is 0 Å². The number of nitrogens with zero attached hydrogens (tertiary/aromatic N) is 2. The van der Waals surface area contributed by atoms with Crippen molar-refractivity contribution in [2.24, 2.45) is 12.2 Å². The van der Waals surface area contributed by atoms with E-state index < -0.39 is 15.9 Å². The summed E-state index contributed by atoms with van der Waals surface area (Å²) in [5, 5.41) is 11.3. The van der Waals surface area contributed by atoms with Gasteiger partial charge in [0.05, 0.1) is 11.8 Å². The fourth-order valence-electron chi connectivity index (χ4n) is 2.20. The number of rotatable bonds is 5. The highest BCUT2D eigenvalue weighted by Crippen LogP contribution is 2.12. The molecule has 1 amide bonds. The van der Waals surface area contributed by atoms with E-state index in [0.717, 1.165) is 15.8 Å². The smallest absolute Gasteiger partial charge is 0.256 e. The summed E-state index contributed by atoms with van der Waals surface area (Å²) >= 11 is 0. The molecule has 1 heterocycles. The molecular formula is C14H18N4O3S. The number of hydrogen-bond acceptors (Lipinski definition) is 4. The number of nitrogens with two attached hydrogens (primary N) is 1. The summed E-state index contributed by atoms with van der Waals surface area (Å²) in [7, 11) is -2.59. The molecule has 0 aliphatic heterocycles. The number of nitrogens with one attached hydrogen (secondary N) is 1. The molecule has 2 aromatic rings. The largest absolute Gasteiger partial charge is 0.352 e. The Hall–Kier alpha value is -2.19. The number of hydrogen-bond donors (Lipinski definition) is 2. The van der Waals surface area contributed by atoms with Crippen molar-refractivity contribution < 1.29 is 13.2 Å². The summed E-state index contributed by atoms with van der Waals surface area (Å²) in [4.78, 5) is 12.1. The van der Waals surface area contributed by atoms with Crippen LogP contribution in [0.1, 0.15) is 21.5 Å². The molecule has 0 fully saturated rings. The maximum atomic E-state index is 12.1. The van der Waals surface area contributed by atoms with Crippen molar-refractivity contribution >= 4 is 15.9 Å². The molecule has 0 bridgehead atoms. The van der Waals surface area contributed by atoms with Crippen molar-refractivity contribution in [3.05, 3.63) is 47.2 Å². The van der Waals surface area contributed by atoms with Crippen LogP contribution >= 0.6 is 0 Å². The summed E-state index contributed by atoms with van der Waals surface area (Å²) in [5.74, 6) is -0.509. The molecule has 118 valence electrons. The van der Waals surface area contributed by atoms with Gasteiger partial charge in [-0.05, 0) is 18.9 Å². The minimum atomic E-state index is -4.01. The molecule has 0 saturated carbocycles. The molecule has 0 atom stereocenters. The number of sulfonamides is 1. The second-order valence-corrected chi connectivity index (χ2v) is 6.50. The topological polar surface area (TPSA) is 107 Å². The van der Waals surface area contributed by atoms with Gasteiger partial charge in [0.1, 0.15) is 0 Å². The van der Waals surface area contributed by atoms with Crippen LogP contribution in [-0.2, 0) is 23.5 Å². The lowest BCUT2D eigenvalue weighted by atomic mass is 10.1. The zero-order valence-electron chi connectivity index (χ0n) is 12.4. The molecule has 1 aromatic carbocycles. The first kappa shape index (κ1) is 16.2. The molecule has 0 radical (unpaired) electrons. The van der Waals surface area contributed by atoms with Crippen LogP contribution in [0.25, 0.3) is 0 Å². The Labute approximate surface area is 129 Å². The summed E-state index contributed by atoms with van der Waals surface area (Å²) in [5.41, 5.74) is 2.19. The van der Waals surface area contributed by atoms with E-state index in [-0.39, 0.29) is 10.6 Å². The number of primary sulfonamides is 1. The minimum Gasteiger partial charge on any atom is -0.352 e. The number of benzene rings is 1. The molecule has 0 unspecified atom stereocenters. The lowest BCUT2D eigenvalue weighted by Gasteiger charge is -2.06. The molecule has 0 spiro atoms. The Balaban J connectivity index is 2.05. The van der Waals surface area contributed by atoms with Crippen LogP contribution in [0.3, 0.4) is 0 Å². The molecule has 2 rings (SSSR count). The summed E-state index contributed by atoms with van der Waals surface area (Å²) in [6, 6.07) is 7.95. The van der Waals surface area contributed by atoms with E-state index in [9.17, 15) is 13.2 Å². The van der Waals surface area contributed by atoms with Gasteiger partial charge in [0.25, 0.3) is 15.9 Å². The van der Waals surface area contributed by atoms with Crippen LogP contribution in [0.2, 0.25) is 0 Å². The maximum Gasteiger partial charge on any atom is 0.256 e. The van der Waals surface area contributed by atoms with Gasteiger partial charge in [-0.25, -0.2) is 13.6 Å². The van der Waals surface area contributed by atoms with E-state index in [1.807, 2.05) is 31.2 Å². The van der Waals surface area contributed by atoms with Crippen molar-refractivity contribution in [1.82, 2.24) is 15.1 Å². The fourth-order valence-corrected chi connectivity index (χ4v) is 3.07. The molecule has 3 N–H and O–H groups in total. The molecule has 1 aromatic heterocycles. The van der Waals surface area contributed by atoms with Crippen LogP contribution in [0.4, 0.5) is 0 Å². The zero-order valence-corrected chi connectivity index (χ0v) is 13.2. The van der Waals surface area contributed by atoms with Crippen LogP contribution in [0.5, 0.6) is 0 Å². The Kier molecular flexibility index (Phi) is 4.62. The minimum absolute atomic E-state index is 0.0470. The van der Waals surface area contributed by atoms with Gasteiger partial charge < -0.3 is 5.32 Å². The third kappa shape index (κ3) is 3.71. The Morgan fingerprint density at radius 2 is 2.14 bits per heavy atom. The van der Waals surface area contributed by atoms with E-state index >= 15 is 0 Å². The van der Waals surface area contributed by atoms with Crippen LogP contribution in [0, 0.1) is 6.92 Å². The molecule has 8 heteroatoms. The standard InChI is InChI=1S/C14H18N4O3S/c1-10-4-3-5-11(8-10)6-7-16-13(19)12-9-17-18(2)14(12)22(15,20)21/h3-5,8-9H,6-7H2,1-2H3,(H,16,19)(H2,15,20,21). The highest BCUT2D eigenvalue weighted by Gasteiger charge is 2.24. The van der Waals surface area contributed by atoms with E-state index in [1.165, 1.54) is 13.2 Å². The monoisotopic (exact) mass is 322 g/mol. The average molecular weight is 322 g/mol. The Morgan fingerprint density at radius 3 is 2.77 bits per heavy atom. The van der Waals surface area contributed by atoms with E-state index in [1.54, 1.807) is 0 Å². The van der Waals surface area contributed by atoms with Crippen molar-refractivity contribution in [2.75, 3.05) is 6.54 Å². The van der Waals surface area contributed by atoms with Gasteiger partial charge in [0, 0.05) is 13.6 Å². The molecule has 0 aliphatic carbocycles. The van der Waals surface area contributed by atoms with E-state index in [4.69, 9.17) is 5.14 Å². The molecular weight excluding hydrogens is 304 g/mol. The lowest BCUT2D eigenvalue weighted by Crippen LogP contribution is -2.28. The van der Waals surface area contributed by atoms with E-state index in [2.05, 4.69) is 10.4 Å². The summed E-state index contributed by atoms with van der Waals surface area (Å²) in [6.07, 6.45) is 1.85. The van der Waals surface area contributed by atoms with Crippen molar-refractivity contribution in [1.29, 1.82) is 0 Å². The lowest BCUT2D eigenvalue weighted by molar-refractivity contribution is 0.0950. The molecule has 7 nitrogen and oxygen atoms in total. The number of aromatic nitrogens is 2. The third-order valence-electron chi connectivity index (χ3n) is 3.18. The Bertz CT molecular complexity index is 796. The average Bonchev–Trinajstić information content (AvgIpc) is 2.80. The van der Waals surface area contributed by atoms with Gasteiger partial charge in [-0.15, -0.1) is 0 Å². The number of aryl methyl sites for hydroxylation is 2. The first-order valence-electron chi connectivity index (χ1n) is 6.67. The molecule has 0 aliphatic rings. The molecule has 22 heavy (non-hydrogen) atoms. The van der Waals surface area contributed by atoms with Gasteiger partial charge >= 0.3 is 0 Å². The SMILES string of the molecule is Cc1cccc(CCNC(=O)c2cnn(C)c2S(N)(=O)=O)c1. The van der Waals surface area contributed by atoms with Gasteiger partial charge in [0.2, 0.25) is 0 Å². The van der Waals surface area contributed by atoms with Crippen molar-refractivity contribution in [3.63, 3.8) is 0 Å². The molecule has 0 saturated heterocycles. The Morgan fingerprint density at radius 1 is 1.41 bits per heavy atom. The van der Waals surface area contributed by atoms with E-state index in [0.29, 0.717) is 13.0 Å². The number of carbonyl (C=O) groups is 1. The quantitative estimate of drug-likeness (QED) is 0.828. The number of carbonyl (C=O) groups excluding carboxylic acids is 1. The first-order chi connectivity index (χ1) is 10.3. The van der Waals surface area contributed by atoms with Crippen molar-refractivity contribution in [2.45, 2.75) is 18.4 Å². The predicted octanol–water partition coefficient (Wildman–Crippen LogP) is 0.348. The summed E-state index contributed by atoms with van der Waals surface area (Å²) in [6.45, 7) is 2.39. The highest BCUT2D eigenvalue weighted by atomic mass is 32.2. The normalized spacial score (nSPS) is 11.4. The van der Waals surface area contributed by atoms with Gasteiger partial charge in [-0.3, -0.25) is 9.48 Å². The third-order valence-corrected chi connectivity index (χ3v) is 4.20. The van der Waals surface area contributed by atoms with Crippen LogP contribution < -0.4 is 10.5 Å². The second kappa shape index (κ2) is 6.29. The second-order valence-electron chi connectivity index (χ2n) is 5.03. The highest BCUT2D eigenvalue weighted by molar-refractivity contribution is 7.89. The predicted molar refractivity (Wildman–Crippen MR) is 81.8 cm³/mol. The van der Waals surface area contributed by atoms with Gasteiger partial charge in [-0.2, -0.15) is 5.10 Å². The first-order valence-corrected chi connectivity index (χ1v) is 8.22. The number of amides is 1. The van der Waals surface area contributed by atoms with Gasteiger partial charge in [0.15, 0.2) is 5.03 Å². The van der Waals surface area contributed by atoms with Crippen LogP contribution in [0.15, 0.2) is 35.5 Å². The fraction of sp³-hybridized carbons (Fsp3) is 0.286.